The Hall–Kier alpha value is -1.32. The molecule has 0 aliphatic carbocycles. The molecule has 14 heavy (non-hydrogen) atoms. The van der Waals surface area contributed by atoms with Gasteiger partial charge in [-0.05, 0) is 23.8 Å². The Morgan fingerprint density at radius 1 is 1.43 bits per heavy atom. The van der Waals surface area contributed by atoms with Gasteiger partial charge in [0.25, 0.3) is 0 Å². The lowest BCUT2D eigenvalue weighted by Crippen LogP contribution is -2.11. The first-order valence-corrected chi connectivity index (χ1v) is 4.55. The summed E-state index contributed by atoms with van der Waals surface area (Å²) in [6, 6.07) is 5.07. The molecule has 0 spiro atoms. The van der Waals surface area contributed by atoms with Crippen molar-refractivity contribution in [2.24, 2.45) is 5.73 Å². The van der Waals surface area contributed by atoms with Gasteiger partial charge in [0, 0.05) is 12.4 Å². The maximum atomic E-state index is 5.96. The number of furan rings is 1. The number of halogens is 1. The van der Waals surface area contributed by atoms with Gasteiger partial charge in [-0.3, -0.25) is 4.98 Å². The Labute approximate surface area is 86.5 Å². The number of hydrogen-bond donors (Lipinski definition) is 1. The molecular weight excluding hydrogens is 200 g/mol. The normalized spacial score (nSPS) is 12.7. The molecule has 0 aromatic carbocycles. The Balaban J connectivity index is 2.37. The van der Waals surface area contributed by atoms with Crippen molar-refractivity contribution in [1.29, 1.82) is 0 Å². The monoisotopic (exact) mass is 208 g/mol. The maximum absolute atomic E-state index is 5.96. The average Bonchev–Trinajstić information content (AvgIpc) is 2.70. The molecule has 3 nitrogen and oxygen atoms in total. The summed E-state index contributed by atoms with van der Waals surface area (Å²) in [7, 11) is 0. The van der Waals surface area contributed by atoms with Gasteiger partial charge in [-0.2, -0.15) is 0 Å². The van der Waals surface area contributed by atoms with E-state index in [2.05, 4.69) is 4.98 Å². The zero-order valence-electron chi connectivity index (χ0n) is 7.35. The van der Waals surface area contributed by atoms with Crippen LogP contribution in [0.15, 0.2) is 41.3 Å². The topological polar surface area (TPSA) is 52.0 Å². The van der Waals surface area contributed by atoms with E-state index in [4.69, 9.17) is 21.8 Å². The quantitative estimate of drug-likeness (QED) is 0.825. The molecule has 72 valence electrons. The van der Waals surface area contributed by atoms with Crippen LogP contribution in [-0.2, 0) is 0 Å². The molecule has 2 heterocycles. The summed E-state index contributed by atoms with van der Waals surface area (Å²) in [4.78, 5) is 3.89. The van der Waals surface area contributed by atoms with Gasteiger partial charge in [0.15, 0.2) is 0 Å². The molecule has 4 heteroatoms. The summed E-state index contributed by atoms with van der Waals surface area (Å²) in [6.45, 7) is 0. The first-order valence-electron chi connectivity index (χ1n) is 4.17. The predicted octanol–water partition coefficient (Wildman–Crippen LogP) is 2.38. The molecule has 2 N–H and O–H groups in total. The molecule has 1 unspecified atom stereocenters. The highest BCUT2D eigenvalue weighted by molar-refractivity contribution is 6.31. The van der Waals surface area contributed by atoms with Crippen molar-refractivity contribution in [2.75, 3.05) is 0 Å². The van der Waals surface area contributed by atoms with E-state index < -0.39 is 0 Å². The van der Waals surface area contributed by atoms with E-state index in [1.54, 1.807) is 30.8 Å². The highest BCUT2D eigenvalue weighted by atomic mass is 35.5. The fourth-order valence-corrected chi connectivity index (χ4v) is 1.50. The average molecular weight is 209 g/mol. The fourth-order valence-electron chi connectivity index (χ4n) is 1.26. The molecule has 0 saturated heterocycles. The SMILES string of the molecule is NC(c1ccco1)c1ccncc1Cl. The predicted molar refractivity (Wildman–Crippen MR) is 54.0 cm³/mol. The zero-order chi connectivity index (χ0) is 9.97. The highest BCUT2D eigenvalue weighted by Crippen LogP contribution is 2.25. The van der Waals surface area contributed by atoms with E-state index in [1.807, 2.05) is 6.07 Å². The smallest absolute Gasteiger partial charge is 0.125 e. The number of hydrogen-bond acceptors (Lipinski definition) is 3. The van der Waals surface area contributed by atoms with Crippen LogP contribution in [0.3, 0.4) is 0 Å². The minimum absolute atomic E-state index is 0.333. The summed E-state index contributed by atoms with van der Waals surface area (Å²) in [5, 5.41) is 0.552. The van der Waals surface area contributed by atoms with Gasteiger partial charge in [-0.25, -0.2) is 0 Å². The number of nitrogens with two attached hydrogens (primary N) is 1. The molecule has 0 aliphatic rings. The number of rotatable bonds is 2. The number of aromatic nitrogens is 1. The fraction of sp³-hybridized carbons (Fsp3) is 0.100. The summed E-state index contributed by atoms with van der Waals surface area (Å²) < 4.78 is 5.20. The molecule has 0 aliphatic heterocycles. The molecule has 0 radical (unpaired) electrons. The largest absolute Gasteiger partial charge is 0.467 e. The van der Waals surface area contributed by atoms with E-state index in [-0.39, 0.29) is 6.04 Å². The van der Waals surface area contributed by atoms with Crippen molar-refractivity contribution in [3.8, 4) is 0 Å². The number of nitrogens with zero attached hydrogens (tertiary/aromatic N) is 1. The van der Waals surface area contributed by atoms with Crippen LogP contribution in [-0.4, -0.2) is 4.98 Å². The van der Waals surface area contributed by atoms with Crippen LogP contribution in [0.5, 0.6) is 0 Å². The summed E-state index contributed by atoms with van der Waals surface area (Å²) in [5.41, 5.74) is 6.77. The van der Waals surface area contributed by atoms with Gasteiger partial charge in [0.2, 0.25) is 0 Å². The Kier molecular flexibility index (Phi) is 2.52. The lowest BCUT2D eigenvalue weighted by atomic mass is 10.1. The van der Waals surface area contributed by atoms with Gasteiger partial charge in [-0.15, -0.1) is 0 Å². The van der Waals surface area contributed by atoms with Crippen LogP contribution in [0.25, 0.3) is 0 Å². The van der Waals surface area contributed by atoms with Crippen molar-refractivity contribution in [1.82, 2.24) is 4.98 Å². The van der Waals surface area contributed by atoms with Crippen LogP contribution in [0.2, 0.25) is 5.02 Å². The highest BCUT2D eigenvalue weighted by Gasteiger charge is 2.14. The Morgan fingerprint density at radius 2 is 2.29 bits per heavy atom. The molecule has 0 saturated carbocycles. The van der Waals surface area contributed by atoms with Crippen LogP contribution < -0.4 is 5.73 Å². The standard InChI is InChI=1S/C10H9ClN2O/c11-8-6-13-4-3-7(8)10(12)9-2-1-5-14-9/h1-6,10H,12H2. The first kappa shape index (κ1) is 9.24. The molecule has 2 rings (SSSR count). The van der Waals surface area contributed by atoms with Crippen LogP contribution in [0.4, 0.5) is 0 Å². The van der Waals surface area contributed by atoms with Crippen molar-refractivity contribution >= 4 is 11.6 Å². The van der Waals surface area contributed by atoms with Crippen LogP contribution in [0, 0.1) is 0 Å². The second-order valence-electron chi connectivity index (χ2n) is 2.89. The van der Waals surface area contributed by atoms with E-state index in [1.165, 1.54) is 0 Å². The molecule has 2 aromatic rings. The van der Waals surface area contributed by atoms with Crippen molar-refractivity contribution in [3.05, 3.63) is 53.2 Å². The summed E-state index contributed by atoms with van der Waals surface area (Å²) >= 11 is 5.95. The third kappa shape index (κ3) is 1.64. The Bertz CT molecular complexity index is 414. The van der Waals surface area contributed by atoms with Gasteiger partial charge < -0.3 is 10.2 Å². The van der Waals surface area contributed by atoms with Gasteiger partial charge in [0.1, 0.15) is 5.76 Å². The van der Waals surface area contributed by atoms with E-state index >= 15 is 0 Å². The van der Waals surface area contributed by atoms with Crippen molar-refractivity contribution in [2.45, 2.75) is 6.04 Å². The lowest BCUT2D eigenvalue weighted by Gasteiger charge is -2.09. The van der Waals surface area contributed by atoms with Crippen LogP contribution >= 0.6 is 11.6 Å². The second-order valence-corrected chi connectivity index (χ2v) is 3.30. The first-order chi connectivity index (χ1) is 6.79. The minimum Gasteiger partial charge on any atom is -0.467 e. The minimum atomic E-state index is -0.333. The third-order valence-electron chi connectivity index (χ3n) is 1.99. The lowest BCUT2D eigenvalue weighted by molar-refractivity contribution is 0.490. The molecular formula is C10H9ClN2O. The Morgan fingerprint density at radius 3 is 2.93 bits per heavy atom. The van der Waals surface area contributed by atoms with Gasteiger partial charge in [0.05, 0.1) is 17.3 Å². The molecule has 0 bridgehead atoms. The van der Waals surface area contributed by atoms with Crippen molar-refractivity contribution < 1.29 is 4.42 Å². The third-order valence-corrected chi connectivity index (χ3v) is 2.30. The van der Waals surface area contributed by atoms with Gasteiger partial charge in [-0.1, -0.05) is 11.6 Å². The van der Waals surface area contributed by atoms with Crippen LogP contribution in [0.1, 0.15) is 17.4 Å². The molecule has 0 amide bonds. The molecule has 1 atom stereocenters. The van der Waals surface area contributed by atoms with E-state index in [9.17, 15) is 0 Å². The zero-order valence-corrected chi connectivity index (χ0v) is 8.11. The van der Waals surface area contributed by atoms with E-state index in [0.717, 1.165) is 5.56 Å². The van der Waals surface area contributed by atoms with Crippen molar-refractivity contribution in [3.63, 3.8) is 0 Å². The summed E-state index contributed by atoms with van der Waals surface area (Å²) in [5.74, 6) is 0.693. The van der Waals surface area contributed by atoms with E-state index in [0.29, 0.717) is 10.8 Å². The second kappa shape index (κ2) is 3.82. The molecule has 2 aromatic heterocycles. The molecule has 0 fully saturated rings. The summed E-state index contributed by atoms with van der Waals surface area (Å²) in [6.07, 6.45) is 4.81. The number of pyridine rings is 1. The van der Waals surface area contributed by atoms with Gasteiger partial charge >= 0.3 is 0 Å². The maximum Gasteiger partial charge on any atom is 0.125 e.